The predicted molar refractivity (Wildman–Crippen MR) is 111 cm³/mol. The van der Waals surface area contributed by atoms with E-state index in [1.54, 1.807) is 0 Å². The fraction of sp³-hybridized carbons (Fsp3) is 0.471. The maximum atomic E-state index is 12.6. The topological polar surface area (TPSA) is 148 Å². The van der Waals surface area contributed by atoms with E-state index in [2.05, 4.69) is 25.2 Å². The molecule has 3 heterocycles. The van der Waals surface area contributed by atoms with Gasteiger partial charge in [0, 0.05) is 31.9 Å². The summed E-state index contributed by atoms with van der Waals surface area (Å²) in [4.78, 5) is 19.7. The molecule has 0 radical (unpaired) electrons. The Morgan fingerprint density at radius 2 is 1.33 bits per heavy atom. The molecule has 2 fully saturated rings. The van der Waals surface area contributed by atoms with Crippen molar-refractivity contribution in [3.8, 4) is 0 Å². The number of hydrazine groups is 1. The third-order valence-corrected chi connectivity index (χ3v) is 5.95. The standard InChI is InChI=1S/C17H24N8O4S/c18-13-1-3-14(4-2-13)30(26,27)23-22-15-19-16(24-5-9-28-10-6-24)21-17(20-15)25-7-11-29-12-8-25/h1-4,23H,5-12,18H2,(H,19,20,21,22). The molecule has 12 nitrogen and oxygen atoms in total. The smallest absolute Gasteiger partial charge is 0.257 e. The van der Waals surface area contributed by atoms with Crippen molar-refractivity contribution in [1.29, 1.82) is 0 Å². The average Bonchev–Trinajstić information content (AvgIpc) is 2.79. The van der Waals surface area contributed by atoms with Gasteiger partial charge in [-0.2, -0.15) is 15.0 Å². The first kappa shape index (κ1) is 20.5. The van der Waals surface area contributed by atoms with E-state index in [9.17, 15) is 8.42 Å². The number of rotatable bonds is 6. The van der Waals surface area contributed by atoms with Crippen molar-refractivity contribution in [2.75, 3.05) is 73.6 Å². The van der Waals surface area contributed by atoms with Crippen molar-refractivity contribution < 1.29 is 17.9 Å². The monoisotopic (exact) mass is 436 g/mol. The molecule has 0 unspecified atom stereocenters. The van der Waals surface area contributed by atoms with Crippen LogP contribution >= 0.6 is 0 Å². The lowest BCUT2D eigenvalue weighted by Gasteiger charge is -2.30. The second-order valence-corrected chi connectivity index (χ2v) is 8.44. The lowest BCUT2D eigenvalue weighted by molar-refractivity contribution is 0.121. The number of nitrogens with zero attached hydrogens (tertiary/aromatic N) is 5. The maximum absolute atomic E-state index is 12.6. The molecule has 0 aliphatic carbocycles. The van der Waals surface area contributed by atoms with E-state index in [0.29, 0.717) is 70.2 Å². The zero-order chi connectivity index (χ0) is 21.0. The van der Waals surface area contributed by atoms with Gasteiger partial charge in [-0.05, 0) is 24.3 Å². The van der Waals surface area contributed by atoms with Crippen LogP contribution in [0.1, 0.15) is 0 Å². The number of sulfonamides is 1. The van der Waals surface area contributed by atoms with E-state index in [4.69, 9.17) is 15.2 Å². The Morgan fingerprint density at radius 1 is 0.833 bits per heavy atom. The van der Waals surface area contributed by atoms with Crippen LogP contribution in [0, 0.1) is 0 Å². The van der Waals surface area contributed by atoms with Crippen LogP contribution in [0.4, 0.5) is 23.5 Å². The van der Waals surface area contributed by atoms with Gasteiger partial charge in [0.2, 0.25) is 17.8 Å². The van der Waals surface area contributed by atoms with Gasteiger partial charge in [-0.1, -0.05) is 0 Å². The Labute approximate surface area is 174 Å². The van der Waals surface area contributed by atoms with Crippen molar-refractivity contribution >= 4 is 33.6 Å². The fourth-order valence-electron chi connectivity index (χ4n) is 3.04. The Bertz CT molecular complexity index is 924. The summed E-state index contributed by atoms with van der Waals surface area (Å²) in [5.41, 5.74) is 8.71. The van der Waals surface area contributed by atoms with Gasteiger partial charge >= 0.3 is 0 Å². The number of nitrogens with two attached hydrogens (primary N) is 1. The third-order valence-electron chi connectivity index (χ3n) is 4.69. The highest BCUT2D eigenvalue weighted by Crippen LogP contribution is 2.19. The van der Waals surface area contributed by atoms with Crippen molar-refractivity contribution in [2.45, 2.75) is 4.90 Å². The Morgan fingerprint density at radius 3 is 1.83 bits per heavy atom. The van der Waals surface area contributed by atoms with E-state index in [1.165, 1.54) is 24.3 Å². The second kappa shape index (κ2) is 8.95. The Hall–Kier alpha value is -2.74. The molecule has 4 N–H and O–H groups in total. The molecule has 0 spiro atoms. The summed E-state index contributed by atoms with van der Waals surface area (Å²) in [6.45, 7) is 4.87. The number of morpholine rings is 2. The van der Waals surface area contributed by atoms with Crippen LogP contribution in [0.2, 0.25) is 0 Å². The number of nitrogen functional groups attached to an aromatic ring is 1. The van der Waals surface area contributed by atoms with E-state index < -0.39 is 10.0 Å². The van der Waals surface area contributed by atoms with Crippen molar-refractivity contribution in [1.82, 2.24) is 19.8 Å². The number of benzene rings is 1. The first-order valence-corrected chi connectivity index (χ1v) is 11.0. The second-order valence-electron chi connectivity index (χ2n) is 6.76. The zero-order valence-corrected chi connectivity index (χ0v) is 17.1. The summed E-state index contributed by atoms with van der Waals surface area (Å²) in [7, 11) is -3.83. The van der Waals surface area contributed by atoms with E-state index in [0.717, 1.165) is 0 Å². The zero-order valence-electron chi connectivity index (χ0n) is 16.3. The summed E-state index contributed by atoms with van der Waals surface area (Å²) < 4.78 is 35.9. The highest BCUT2D eigenvalue weighted by atomic mass is 32.2. The van der Waals surface area contributed by atoms with Crippen LogP contribution in [0.5, 0.6) is 0 Å². The predicted octanol–water partition coefficient (Wildman–Crippen LogP) is -0.568. The Balaban J connectivity index is 1.56. The number of hydrogen-bond donors (Lipinski definition) is 3. The highest BCUT2D eigenvalue weighted by molar-refractivity contribution is 7.89. The van der Waals surface area contributed by atoms with Crippen LogP contribution < -0.4 is 25.8 Å². The fourth-order valence-corrected chi connectivity index (χ4v) is 3.88. The van der Waals surface area contributed by atoms with E-state index >= 15 is 0 Å². The first-order valence-electron chi connectivity index (χ1n) is 9.56. The normalized spacial score (nSPS) is 17.7. The molecular formula is C17H24N8O4S. The molecule has 0 atom stereocenters. The van der Waals surface area contributed by atoms with Crippen LogP contribution in [0.15, 0.2) is 29.2 Å². The minimum absolute atomic E-state index is 0.0695. The minimum atomic E-state index is -3.83. The Kier molecular flexibility index (Phi) is 6.13. The minimum Gasteiger partial charge on any atom is -0.399 e. The number of anilines is 4. The molecular weight excluding hydrogens is 412 g/mol. The maximum Gasteiger partial charge on any atom is 0.257 e. The molecule has 13 heteroatoms. The summed E-state index contributed by atoms with van der Waals surface area (Å²) in [5.74, 6) is 1.03. The van der Waals surface area contributed by atoms with Gasteiger partial charge in [-0.3, -0.25) is 5.43 Å². The third kappa shape index (κ3) is 4.87. The van der Waals surface area contributed by atoms with Gasteiger partial charge in [0.15, 0.2) is 0 Å². The molecule has 4 rings (SSSR count). The summed E-state index contributed by atoms with van der Waals surface area (Å²) in [5, 5.41) is 0. The molecule has 2 aromatic rings. The molecule has 0 amide bonds. The van der Waals surface area contributed by atoms with Gasteiger partial charge in [0.25, 0.3) is 10.0 Å². The van der Waals surface area contributed by atoms with Gasteiger partial charge in [-0.25, -0.2) is 8.42 Å². The van der Waals surface area contributed by atoms with Crippen molar-refractivity contribution in [3.63, 3.8) is 0 Å². The first-order chi connectivity index (χ1) is 14.5. The SMILES string of the molecule is Nc1ccc(S(=O)(=O)NNc2nc(N3CCOCC3)nc(N3CCOCC3)n2)cc1. The summed E-state index contributed by atoms with van der Waals surface area (Å²) in [6.07, 6.45) is 0. The van der Waals surface area contributed by atoms with E-state index in [1.807, 2.05) is 9.80 Å². The van der Waals surface area contributed by atoms with Crippen LogP contribution in [0.25, 0.3) is 0 Å². The molecule has 162 valence electrons. The molecule has 2 saturated heterocycles. The highest BCUT2D eigenvalue weighted by Gasteiger charge is 2.21. The number of hydrogen-bond acceptors (Lipinski definition) is 11. The molecule has 1 aromatic carbocycles. The van der Waals surface area contributed by atoms with Crippen LogP contribution in [-0.4, -0.2) is 76.0 Å². The summed E-state index contributed by atoms with van der Waals surface area (Å²) in [6, 6.07) is 5.88. The number of aromatic nitrogens is 3. The number of nitrogens with one attached hydrogen (secondary N) is 2. The molecule has 0 bridgehead atoms. The average molecular weight is 436 g/mol. The van der Waals surface area contributed by atoms with Crippen molar-refractivity contribution in [3.05, 3.63) is 24.3 Å². The lowest BCUT2D eigenvalue weighted by atomic mass is 10.3. The van der Waals surface area contributed by atoms with Crippen LogP contribution in [-0.2, 0) is 19.5 Å². The molecule has 0 saturated carbocycles. The largest absolute Gasteiger partial charge is 0.399 e. The quantitative estimate of drug-likeness (QED) is 0.395. The van der Waals surface area contributed by atoms with Crippen LogP contribution in [0.3, 0.4) is 0 Å². The van der Waals surface area contributed by atoms with Gasteiger partial charge in [-0.15, -0.1) is 4.83 Å². The molecule has 2 aliphatic heterocycles. The molecule has 30 heavy (non-hydrogen) atoms. The summed E-state index contributed by atoms with van der Waals surface area (Å²) >= 11 is 0. The lowest BCUT2D eigenvalue weighted by Crippen LogP contribution is -2.40. The molecule has 1 aromatic heterocycles. The van der Waals surface area contributed by atoms with Crippen molar-refractivity contribution in [2.24, 2.45) is 0 Å². The number of ether oxygens (including phenoxy) is 2. The molecule has 2 aliphatic rings. The van der Waals surface area contributed by atoms with Gasteiger partial charge < -0.3 is 25.0 Å². The van der Waals surface area contributed by atoms with E-state index in [-0.39, 0.29) is 10.8 Å². The van der Waals surface area contributed by atoms with Gasteiger partial charge in [0.1, 0.15) is 0 Å². The van der Waals surface area contributed by atoms with Gasteiger partial charge in [0.05, 0.1) is 31.3 Å².